The summed E-state index contributed by atoms with van der Waals surface area (Å²) < 4.78 is 39.9. The number of pyridine rings is 1. The summed E-state index contributed by atoms with van der Waals surface area (Å²) >= 11 is 0. The first-order valence-electron chi connectivity index (χ1n) is 9.05. The summed E-state index contributed by atoms with van der Waals surface area (Å²) in [7, 11) is 0. The van der Waals surface area contributed by atoms with E-state index in [9.17, 15) is 37.7 Å². The summed E-state index contributed by atoms with van der Waals surface area (Å²) in [6.07, 6.45) is -2.25. The molecule has 32 heavy (non-hydrogen) atoms. The van der Waals surface area contributed by atoms with Crippen LogP contribution in [0, 0.1) is 10.1 Å². The second-order valence-corrected chi connectivity index (χ2v) is 7.31. The number of imide groups is 1. The van der Waals surface area contributed by atoms with Crippen molar-refractivity contribution in [2.24, 2.45) is 0 Å². The Hall–Kier alpha value is -4.03. The monoisotopic (exact) mass is 451 g/mol. The van der Waals surface area contributed by atoms with Crippen molar-refractivity contribution in [2.75, 3.05) is 16.8 Å². The van der Waals surface area contributed by atoms with Gasteiger partial charge in [-0.15, -0.1) is 0 Å². The summed E-state index contributed by atoms with van der Waals surface area (Å²) in [5.74, 6) is -1.55. The number of nitrogens with zero attached hydrogens (tertiary/aromatic N) is 4. The molecular weight excluding hydrogens is 435 g/mol. The van der Waals surface area contributed by atoms with Crippen LogP contribution in [0.4, 0.5) is 35.0 Å². The number of hydrogen-bond acceptors (Lipinski definition) is 6. The van der Waals surface area contributed by atoms with Gasteiger partial charge in [-0.1, -0.05) is 0 Å². The molecule has 10 nitrogen and oxygen atoms in total. The minimum absolute atomic E-state index is 0.343. The number of nitro groups is 1. The molecule has 1 aromatic heterocycles. The number of hydrogen-bond donors (Lipinski definition) is 1. The highest BCUT2D eigenvalue weighted by Crippen LogP contribution is 2.40. The van der Waals surface area contributed by atoms with Crippen molar-refractivity contribution in [3.63, 3.8) is 0 Å². The lowest BCUT2D eigenvalue weighted by atomic mass is 10.0. The van der Waals surface area contributed by atoms with Crippen LogP contribution in [-0.4, -0.2) is 44.7 Å². The van der Waals surface area contributed by atoms with Crippen LogP contribution in [0.1, 0.15) is 19.4 Å². The Kier molecular flexibility index (Phi) is 5.60. The standard InChI is InChI=1S/C19H16F3N5O5/c1-18(2)16(29)26(12-5-6-14(27(31)32)13(8-12)19(20,21)22)17(30)25(18)10-15(28)24-11-4-3-7-23-9-11/h3-9H,10H2,1-2H3,(H,24,28). The molecule has 1 saturated heterocycles. The Labute approximate surface area is 178 Å². The lowest BCUT2D eigenvalue weighted by Gasteiger charge is -2.26. The number of benzene rings is 1. The Balaban J connectivity index is 1.92. The zero-order valence-electron chi connectivity index (χ0n) is 16.7. The number of amides is 4. The van der Waals surface area contributed by atoms with E-state index in [0.717, 1.165) is 11.0 Å². The first-order valence-corrected chi connectivity index (χ1v) is 9.05. The largest absolute Gasteiger partial charge is 0.423 e. The number of alkyl halides is 3. The summed E-state index contributed by atoms with van der Waals surface area (Å²) in [6, 6.07) is 3.89. The molecule has 1 aliphatic rings. The van der Waals surface area contributed by atoms with Crippen molar-refractivity contribution in [3.05, 3.63) is 58.4 Å². The maximum absolute atomic E-state index is 13.3. The van der Waals surface area contributed by atoms with Gasteiger partial charge in [0.1, 0.15) is 17.6 Å². The number of rotatable bonds is 5. The molecule has 1 aromatic carbocycles. The number of carbonyl (C=O) groups excluding carboxylic acids is 3. The number of urea groups is 1. The van der Waals surface area contributed by atoms with Crippen molar-refractivity contribution < 1.29 is 32.5 Å². The van der Waals surface area contributed by atoms with Crippen LogP contribution >= 0.6 is 0 Å². The van der Waals surface area contributed by atoms with Gasteiger partial charge in [0.05, 0.1) is 22.5 Å². The topological polar surface area (TPSA) is 126 Å². The normalized spacial score (nSPS) is 15.8. The van der Waals surface area contributed by atoms with Gasteiger partial charge in [-0.05, 0) is 38.1 Å². The number of halogens is 3. The van der Waals surface area contributed by atoms with E-state index < -0.39 is 58.0 Å². The van der Waals surface area contributed by atoms with Gasteiger partial charge in [0, 0.05) is 12.3 Å². The number of anilines is 2. The smallest absolute Gasteiger partial charge is 0.323 e. The summed E-state index contributed by atoms with van der Waals surface area (Å²) in [6.45, 7) is 2.10. The third kappa shape index (κ3) is 4.08. The first-order chi connectivity index (χ1) is 14.8. The molecule has 0 spiro atoms. The van der Waals surface area contributed by atoms with Crippen LogP contribution in [-0.2, 0) is 15.8 Å². The fourth-order valence-electron chi connectivity index (χ4n) is 3.16. The van der Waals surface area contributed by atoms with E-state index in [4.69, 9.17) is 0 Å². The van der Waals surface area contributed by atoms with Gasteiger partial charge < -0.3 is 10.2 Å². The molecule has 2 heterocycles. The van der Waals surface area contributed by atoms with Crippen molar-refractivity contribution in [1.82, 2.24) is 9.88 Å². The van der Waals surface area contributed by atoms with Crippen molar-refractivity contribution in [2.45, 2.75) is 25.6 Å². The molecule has 0 unspecified atom stereocenters. The van der Waals surface area contributed by atoms with Crippen LogP contribution in [0.5, 0.6) is 0 Å². The fourth-order valence-corrected chi connectivity index (χ4v) is 3.16. The molecule has 3 rings (SSSR count). The number of nitrogens with one attached hydrogen (secondary N) is 1. The molecule has 0 aliphatic carbocycles. The predicted molar refractivity (Wildman–Crippen MR) is 105 cm³/mol. The lowest BCUT2D eigenvalue weighted by molar-refractivity contribution is -0.388. The third-order valence-corrected chi connectivity index (χ3v) is 4.81. The zero-order valence-corrected chi connectivity index (χ0v) is 16.7. The van der Waals surface area contributed by atoms with Gasteiger partial charge >= 0.3 is 12.2 Å². The van der Waals surface area contributed by atoms with Crippen LogP contribution in [0.25, 0.3) is 0 Å². The molecule has 0 atom stereocenters. The van der Waals surface area contributed by atoms with E-state index >= 15 is 0 Å². The second-order valence-electron chi connectivity index (χ2n) is 7.31. The maximum Gasteiger partial charge on any atom is 0.423 e. The first kappa shape index (κ1) is 22.7. The molecule has 1 N–H and O–H groups in total. The molecule has 2 aromatic rings. The summed E-state index contributed by atoms with van der Waals surface area (Å²) in [5.41, 5.74) is -4.54. The molecule has 13 heteroatoms. The van der Waals surface area contributed by atoms with Crippen molar-refractivity contribution >= 4 is 34.9 Å². The van der Waals surface area contributed by atoms with E-state index in [1.54, 1.807) is 12.1 Å². The highest BCUT2D eigenvalue weighted by Gasteiger charge is 2.53. The predicted octanol–water partition coefficient (Wildman–Crippen LogP) is 3.19. The molecule has 0 bridgehead atoms. The summed E-state index contributed by atoms with van der Waals surface area (Å²) in [4.78, 5) is 53.1. The SMILES string of the molecule is CC1(C)C(=O)N(c2ccc([N+](=O)[O-])c(C(F)(F)F)c2)C(=O)N1CC(=O)Nc1cccnc1. The average molecular weight is 451 g/mol. The Morgan fingerprint density at radius 2 is 1.94 bits per heavy atom. The molecule has 1 fully saturated rings. The van der Waals surface area contributed by atoms with Crippen molar-refractivity contribution in [3.8, 4) is 0 Å². The maximum atomic E-state index is 13.3. The van der Waals surface area contributed by atoms with Gasteiger partial charge in [-0.25, -0.2) is 9.69 Å². The van der Waals surface area contributed by atoms with Crippen LogP contribution in [0.3, 0.4) is 0 Å². The fraction of sp³-hybridized carbons (Fsp3) is 0.263. The highest BCUT2D eigenvalue weighted by molar-refractivity contribution is 6.23. The highest BCUT2D eigenvalue weighted by atomic mass is 19.4. The van der Waals surface area contributed by atoms with Gasteiger partial charge in [-0.2, -0.15) is 13.2 Å². The number of nitro benzene ring substituents is 1. The van der Waals surface area contributed by atoms with Gasteiger partial charge in [0.2, 0.25) is 5.91 Å². The van der Waals surface area contributed by atoms with Gasteiger partial charge in [0.15, 0.2) is 0 Å². The molecular formula is C19H16F3N5O5. The van der Waals surface area contributed by atoms with Crippen LogP contribution < -0.4 is 10.2 Å². The molecule has 0 saturated carbocycles. The zero-order chi connectivity index (χ0) is 23.8. The second kappa shape index (κ2) is 7.90. The van der Waals surface area contributed by atoms with E-state index in [2.05, 4.69) is 10.3 Å². The van der Waals surface area contributed by atoms with E-state index in [1.165, 1.54) is 26.2 Å². The average Bonchev–Trinajstić information content (AvgIpc) is 2.87. The Morgan fingerprint density at radius 1 is 1.25 bits per heavy atom. The van der Waals surface area contributed by atoms with E-state index in [-0.39, 0.29) is 0 Å². The quantitative estimate of drug-likeness (QED) is 0.423. The van der Waals surface area contributed by atoms with Gasteiger partial charge in [0.25, 0.3) is 11.6 Å². The molecule has 1 aliphatic heterocycles. The number of aromatic nitrogens is 1. The van der Waals surface area contributed by atoms with Gasteiger partial charge in [-0.3, -0.25) is 24.7 Å². The molecule has 4 amide bonds. The summed E-state index contributed by atoms with van der Waals surface area (Å²) in [5, 5.41) is 13.5. The van der Waals surface area contributed by atoms with Crippen molar-refractivity contribution in [1.29, 1.82) is 0 Å². The van der Waals surface area contributed by atoms with E-state index in [1.807, 2.05) is 0 Å². The third-order valence-electron chi connectivity index (χ3n) is 4.81. The lowest BCUT2D eigenvalue weighted by Crippen LogP contribution is -2.47. The van der Waals surface area contributed by atoms with E-state index in [0.29, 0.717) is 22.7 Å². The minimum Gasteiger partial charge on any atom is -0.323 e. The number of carbonyl (C=O) groups is 3. The molecule has 168 valence electrons. The minimum atomic E-state index is -5.09. The Bertz CT molecular complexity index is 1100. The Morgan fingerprint density at radius 3 is 2.50 bits per heavy atom. The van der Waals surface area contributed by atoms with Crippen LogP contribution in [0.15, 0.2) is 42.7 Å². The van der Waals surface area contributed by atoms with Crippen LogP contribution in [0.2, 0.25) is 0 Å². The molecule has 0 radical (unpaired) electrons.